The second-order valence-corrected chi connectivity index (χ2v) is 5.51. The number of hydrogen-bond donors (Lipinski definition) is 0. The quantitative estimate of drug-likeness (QED) is 0.519. The number of aryl methyl sites for hydroxylation is 1. The van der Waals surface area contributed by atoms with Crippen LogP contribution in [-0.2, 0) is 7.05 Å². The number of aromatic nitrogens is 3. The van der Waals surface area contributed by atoms with Crippen molar-refractivity contribution in [3.63, 3.8) is 0 Å². The molecule has 0 saturated carbocycles. The fourth-order valence-corrected chi connectivity index (χ4v) is 2.90. The van der Waals surface area contributed by atoms with Crippen LogP contribution < -0.4 is 0 Å². The van der Waals surface area contributed by atoms with E-state index >= 15 is 0 Å². The maximum absolute atomic E-state index is 6.23. The van der Waals surface area contributed by atoms with E-state index in [0.29, 0.717) is 5.02 Å². The Bertz CT molecular complexity index is 972. The van der Waals surface area contributed by atoms with Crippen LogP contribution in [0.5, 0.6) is 0 Å². The Morgan fingerprint density at radius 3 is 2.76 bits per heavy atom. The first kappa shape index (κ1) is 12.4. The summed E-state index contributed by atoms with van der Waals surface area (Å²) in [6.45, 7) is 0. The van der Waals surface area contributed by atoms with Gasteiger partial charge in [-0.25, -0.2) is 0 Å². The van der Waals surface area contributed by atoms with Gasteiger partial charge in [0.05, 0.1) is 11.0 Å². The maximum atomic E-state index is 6.23. The predicted molar refractivity (Wildman–Crippen MR) is 86.5 cm³/mol. The summed E-state index contributed by atoms with van der Waals surface area (Å²) < 4.78 is 2.11. The van der Waals surface area contributed by atoms with Crippen molar-refractivity contribution in [2.45, 2.75) is 0 Å². The fourth-order valence-electron chi connectivity index (χ4n) is 2.69. The van der Waals surface area contributed by atoms with Gasteiger partial charge in [-0.05, 0) is 35.2 Å². The molecule has 21 heavy (non-hydrogen) atoms. The Morgan fingerprint density at radius 2 is 1.86 bits per heavy atom. The second kappa shape index (κ2) is 4.57. The maximum Gasteiger partial charge on any atom is 0.0966 e. The Morgan fingerprint density at radius 1 is 1.00 bits per heavy atom. The van der Waals surface area contributed by atoms with Gasteiger partial charge < -0.3 is 4.57 Å². The molecular formula is C17H12ClN3. The van der Waals surface area contributed by atoms with E-state index in [2.05, 4.69) is 45.0 Å². The molecule has 0 radical (unpaired) electrons. The van der Waals surface area contributed by atoms with E-state index in [1.165, 1.54) is 10.9 Å². The molecule has 0 spiro atoms. The molecule has 0 aliphatic carbocycles. The van der Waals surface area contributed by atoms with Gasteiger partial charge in [0.1, 0.15) is 0 Å². The van der Waals surface area contributed by atoms with Crippen molar-refractivity contribution >= 4 is 33.5 Å². The molecule has 4 aromatic rings. The van der Waals surface area contributed by atoms with Gasteiger partial charge in [-0.15, -0.1) is 0 Å². The molecule has 0 aliphatic rings. The van der Waals surface area contributed by atoms with Gasteiger partial charge in [-0.1, -0.05) is 23.7 Å². The zero-order valence-corrected chi connectivity index (χ0v) is 12.2. The van der Waals surface area contributed by atoms with Crippen LogP contribution in [0, 0.1) is 0 Å². The molecule has 2 heterocycles. The van der Waals surface area contributed by atoms with Gasteiger partial charge >= 0.3 is 0 Å². The molecule has 3 nitrogen and oxygen atoms in total. The minimum absolute atomic E-state index is 0.671. The summed E-state index contributed by atoms with van der Waals surface area (Å²) in [7, 11) is 2.04. The van der Waals surface area contributed by atoms with Gasteiger partial charge in [-0.2, -0.15) is 0 Å². The average Bonchev–Trinajstić information content (AvgIpc) is 2.87. The van der Waals surface area contributed by atoms with E-state index in [1.54, 1.807) is 12.4 Å². The van der Waals surface area contributed by atoms with E-state index in [-0.39, 0.29) is 0 Å². The zero-order valence-electron chi connectivity index (χ0n) is 11.4. The van der Waals surface area contributed by atoms with Crippen LogP contribution in [0.1, 0.15) is 0 Å². The largest absolute Gasteiger partial charge is 0.351 e. The lowest BCUT2D eigenvalue weighted by molar-refractivity contribution is 0.969. The molecule has 0 atom stereocenters. The van der Waals surface area contributed by atoms with Crippen molar-refractivity contribution in [2.75, 3.05) is 0 Å². The van der Waals surface area contributed by atoms with Gasteiger partial charge in [0.15, 0.2) is 0 Å². The zero-order chi connectivity index (χ0) is 14.4. The van der Waals surface area contributed by atoms with E-state index < -0.39 is 0 Å². The first-order valence-corrected chi connectivity index (χ1v) is 7.06. The highest BCUT2D eigenvalue weighted by Crippen LogP contribution is 2.31. The van der Waals surface area contributed by atoms with Crippen LogP contribution in [-0.4, -0.2) is 14.5 Å². The van der Waals surface area contributed by atoms with Crippen LogP contribution in [0.2, 0.25) is 5.02 Å². The van der Waals surface area contributed by atoms with E-state index in [1.807, 2.05) is 19.2 Å². The Labute approximate surface area is 126 Å². The third-order valence-corrected chi connectivity index (χ3v) is 3.96. The van der Waals surface area contributed by atoms with Crippen molar-refractivity contribution in [1.29, 1.82) is 0 Å². The van der Waals surface area contributed by atoms with Crippen LogP contribution in [0.15, 0.2) is 55.0 Å². The highest BCUT2D eigenvalue weighted by molar-refractivity contribution is 6.31. The fraction of sp³-hybridized carbons (Fsp3) is 0.0588. The van der Waals surface area contributed by atoms with Crippen molar-refractivity contribution in [3.8, 4) is 11.1 Å². The SMILES string of the molecule is Cn1ccc2ccc(-c3cc(Cl)cc4nccnc34)cc21. The van der Waals surface area contributed by atoms with Crippen LogP contribution >= 0.6 is 11.6 Å². The summed E-state index contributed by atoms with van der Waals surface area (Å²) in [6.07, 6.45) is 5.45. The smallest absolute Gasteiger partial charge is 0.0966 e. The highest BCUT2D eigenvalue weighted by atomic mass is 35.5. The van der Waals surface area contributed by atoms with Crippen molar-refractivity contribution in [2.24, 2.45) is 7.05 Å². The van der Waals surface area contributed by atoms with Gasteiger partial charge in [-0.3, -0.25) is 9.97 Å². The number of hydrogen-bond acceptors (Lipinski definition) is 2. The Kier molecular flexibility index (Phi) is 2.69. The molecular weight excluding hydrogens is 282 g/mol. The second-order valence-electron chi connectivity index (χ2n) is 5.08. The molecule has 102 valence electrons. The Balaban J connectivity index is 2.05. The number of benzene rings is 2. The minimum atomic E-state index is 0.671. The number of halogens is 1. The molecule has 0 saturated heterocycles. The molecule has 0 aliphatic heterocycles. The average molecular weight is 294 g/mol. The molecule has 0 amide bonds. The molecule has 2 aromatic heterocycles. The molecule has 0 N–H and O–H groups in total. The van der Waals surface area contributed by atoms with E-state index in [0.717, 1.165) is 22.2 Å². The summed E-state index contributed by atoms with van der Waals surface area (Å²) in [5.74, 6) is 0. The topological polar surface area (TPSA) is 30.7 Å². The van der Waals surface area contributed by atoms with Gasteiger partial charge in [0.2, 0.25) is 0 Å². The molecule has 0 bridgehead atoms. The van der Waals surface area contributed by atoms with Crippen molar-refractivity contribution < 1.29 is 0 Å². The monoisotopic (exact) mass is 293 g/mol. The first-order chi connectivity index (χ1) is 10.2. The lowest BCUT2D eigenvalue weighted by Crippen LogP contribution is -1.89. The van der Waals surface area contributed by atoms with E-state index in [4.69, 9.17) is 11.6 Å². The number of nitrogens with zero attached hydrogens (tertiary/aromatic N) is 3. The van der Waals surface area contributed by atoms with Crippen LogP contribution in [0.3, 0.4) is 0 Å². The van der Waals surface area contributed by atoms with Crippen LogP contribution in [0.4, 0.5) is 0 Å². The van der Waals surface area contributed by atoms with Crippen LogP contribution in [0.25, 0.3) is 33.1 Å². The lowest BCUT2D eigenvalue weighted by atomic mass is 10.0. The minimum Gasteiger partial charge on any atom is -0.351 e. The predicted octanol–water partition coefficient (Wildman–Crippen LogP) is 4.44. The first-order valence-electron chi connectivity index (χ1n) is 6.68. The molecule has 0 unspecified atom stereocenters. The standard InChI is InChI=1S/C17H12ClN3/c1-21-7-4-11-2-3-12(8-16(11)21)14-9-13(18)10-15-17(14)20-6-5-19-15/h2-10H,1H3. The third kappa shape index (κ3) is 1.98. The third-order valence-electron chi connectivity index (χ3n) is 3.74. The normalized spacial score (nSPS) is 11.3. The summed E-state index contributed by atoms with van der Waals surface area (Å²) in [4.78, 5) is 8.81. The number of rotatable bonds is 1. The molecule has 2 aromatic carbocycles. The Hall–Kier alpha value is -2.39. The van der Waals surface area contributed by atoms with Gasteiger partial charge in [0, 0.05) is 41.7 Å². The number of fused-ring (bicyclic) bond motifs is 2. The van der Waals surface area contributed by atoms with Gasteiger partial charge in [0.25, 0.3) is 0 Å². The molecule has 4 heteroatoms. The highest BCUT2D eigenvalue weighted by Gasteiger charge is 2.09. The van der Waals surface area contributed by atoms with Crippen molar-refractivity contribution in [3.05, 3.63) is 60.0 Å². The lowest BCUT2D eigenvalue weighted by Gasteiger charge is -2.07. The molecule has 4 rings (SSSR count). The summed E-state index contributed by atoms with van der Waals surface area (Å²) in [6, 6.07) is 12.3. The molecule has 0 fully saturated rings. The van der Waals surface area contributed by atoms with E-state index in [9.17, 15) is 0 Å². The summed E-state index contributed by atoms with van der Waals surface area (Å²) in [5, 5.41) is 1.89. The van der Waals surface area contributed by atoms with Crippen molar-refractivity contribution in [1.82, 2.24) is 14.5 Å². The summed E-state index contributed by atoms with van der Waals surface area (Å²) in [5.41, 5.74) is 4.97. The summed E-state index contributed by atoms with van der Waals surface area (Å²) >= 11 is 6.23.